The van der Waals surface area contributed by atoms with Crippen LogP contribution >= 0.6 is 0 Å². The summed E-state index contributed by atoms with van der Waals surface area (Å²) in [5, 5.41) is 3.35. The Morgan fingerprint density at radius 2 is 2.00 bits per heavy atom. The van der Waals surface area contributed by atoms with E-state index < -0.39 is 0 Å². The average molecular weight is 262 g/mol. The van der Waals surface area contributed by atoms with Gasteiger partial charge in [0.25, 0.3) is 0 Å². The molecule has 1 aliphatic carbocycles. The van der Waals surface area contributed by atoms with Gasteiger partial charge in [-0.1, -0.05) is 19.1 Å². The molecule has 0 bridgehead atoms. The smallest absolute Gasteiger partial charge is 0.0637 e. The second kappa shape index (κ2) is 6.92. The quantitative estimate of drug-likeness (QED) is 0.779. The van der Waals surface area contributed by atoms with Crippen molar-refractivity contribution in [3.05, 3.63) is 29.8 Å². The van der Waals surface area contributed by atoms with Crippen molar-refractivity contribution in [2.75, 3.05) is 32.2 Å². The van der Waals surface area contributed by atoms with Crippen LogP contribution in [0, 0.1) is 0 Å². The van der Waals surface area contributed by atoms with Crippen LogP contribution in [0.3, 0.4) is 0 Å². The topological polar surface area (TPSA) is 24.5 Å². The molecule has 1 aliphatic rings. The Morgan fingerprint density at radius 1 is 1.32 bits per heavy atom. The molecular weight excluding hydrogens is 236 g/mol. The largest absolute Gasteiger partial charge is 0.383 e. The van der Waals surface area contributed by atoms with Gasteiger partial charge in [-0.3, -0.25) is 0 Å². The maximum atomic E-state index is 5.22. The number of nitrogens with zero attached hydrogens (tertiary/aromatic N) is 1. The third-order valence-electron chi connectivity index (χ3n) is 3.91. The maximum absolute atomic E-state index is 5.22. The van der Waals surface area contributed by atoms with Gasteiger partial charge in [0.1, 0.15) is 0 Å². The van der Waals surface area contributed by atoms with Crippen molar-refractivity contribution in [2.45, 2.75) is 38.3 Å². The molecule has 1 atom stereocenters. The molecule has 106 valence electrons. The van der Waals surface area contributed by atoms with Gasteiger partial charge in [0.05, 0.1) is 6.61 Å². The zero-order valence-electron chi connectivity index (χ0n) is 12.4. The van der Waals surface area contributed by atoms with E-state index in [2.05, 4.69) is 41.4 Å². The van der Waals surface area contributed by atoms with Crippen LogP contribution < -0.4 is 10.2 Å². The lowest BCUT2D eigenvalue weighted by Gasteiger charge is -2.25. The highest BCUT2D eigenvalue weighted by Crippen LogP contribution is 2.32. The minimum Gasteiger partial charge on any atom is -0.383 e. The van der Waals surface area contributed by atoms with Crippen molar-refractivity contribution in [3.8, 4) is 0 Å². The van der Waals surface area contributed by atoms with E-state index in [0.29, 0.717) is 6.04 Å². The van der Waals surface area contributed by atoms with Gasteiger partial charge in [-0.15, -0.1) is 0 Å². The van der Waals surface area contributed by atoms with E-state index in [-0.39, 0.29) is 0 Å². The summed E-state index contributed by atoms with van der Waals surface area (Å²) >= 11 is 0. The van der Waals surface area contributed by atoms with Crippen LogP contribution in [0.2, 0.25) is 0 Å². The minimum absolute atomic E-state index is 0.461. The highest BCUT2D eigenvalue weighted by molar-refractivity contribution is 5.50. The molecule has 0 radical (unpaired) electrons. The third-order valence-corrected chi connectivity index (χ3v) is 3.91. The Morgan fingerprint density at radius 3 is 2.47 bits per heavy atom. The SMILES string of the molecule is CCC(NC)c1ccc(N(CCOC)C2CC2)cc1. The zero-order valence-corrected chi connectivity index (χ0v) is 12.4. The molecule has 1 fully saturated rings. The van der Waals surface area contributed by atoms with Gasteiger partial charge in [0.2, 0.25) is 0 Å². The van der Waals surface area contributed by atoms with Crippen LogP contribution in [0.4, 0.5) is 5.69 Å². The number of hydrogen-bond donors (Lipinski definition) is 1. The van der Waals surface area contributed by atoms with E-state index in [9.17, 15) is 0 Å². The van der Waals surface area contributed by atoms with Crippen molar-refractivity contribution in [3.63, 3.8) is 0 Å². The van der Waals surface area contributed by atoms with E-state index in [1.807, 2.05) is 7.05 Å². The van der Waals surface area contributed by atoms with Crippen molar-refractivity contribution >= 4 is 5.69 Å². The van der Waals surface area contributed by atoms with Gasteiger partial charge < -0.3 is 15.0 Å². The van der Waals surface area contributed by atoms with Gasteiger partial charge in [-0.25, -0.2) is 0 Å². The second-order valence-electron chi connectivity index (χ2n) is 5.26. The lowest BCUT2D eigenvalue weighted by Crippen LogP contribution is -2.29. The minimum atomic E-state index is 0.461. The van der Waals surface area contributed by atoms with E-state index in [0.717, 1.165) is 25.6 Å². The molecule has 0 spiro atoms. The predicted octanol–water partition coefficient (Wildman–Crippen LogP) is 2.97. The van der Waals surface area contributed by atoms with Crippen LogP contribution in [0.1, 0.15) is 37.8 Å². The number of anilines is 1. The van der Waals surface area contributed by atoms with E-state index in [1.54, 1.807) is 7.11 Å². The summed E-state index contributed by atoms with van der Waals surface area (Å²) in [7, 11) is 3.80. The first-order valence-electron chi connectivity index (χ1n) is 7.33. The van der Waals surface area contributed by atoms with Gasteiger partial charge in [0, 0.05) is 31.4 Å². The Kier molecular flexibility index (Phi) is 5.23. The molecule has 3 heteroatoms. The number of benzene rings is 1. The van der Waals surface area contributed by atoms with E-state index in [1.165, 1.54) is 24.1 Å². The number of ether oxygens (including phenoxy) is 1. The molecule has 1 aromatic rings. The summed E-state index contributed by atoms with van der Waals surface area (Å²) in [6.45, 7) is 4.00. The molecule has 2 rings (SSSR count). The molecule has 0 amide bonds. The van der Waals surface area contributed by atoms with Crippen molar-refractivity contribution < 1.29 is 4.74 Å². The van der Waals surface area contributed by atoms with Gasteiger partial charge in [0.15, 0.2) is 0 Å². The fourth-order valence-corrected chi connectivity index (χ4v) is 2.60. The van der Waals surface area contributed by atoms with Crippen molar-refractivity contribution in [1.82, 2.24) is 5.32 Å². The van der Waals surface area contributed by atoms with E-state index >= 15 is 0 Å². The standard InChI is InChI=1S/C16H26N2O/c1-4-16(17-2)13-5-7-14(8-6-13)18(11-12-19-3)15-9-10-15/h5-8,15-17H,4,9-12H2,1-3H3. The summed E-state index contributed by atoms with van der Waals surface area (Å²) < 4.78 is 5.22. The van der Waals surface area contributed by atoms with Crippen LogP contribution in [-0.2, 0) is 4.74 Å². The van der Waals surface area contributed by atoms with Crippen LogP contribution in [0.5, 0.6) is 0 Å². The molecule has 3 nitrogen and oxygen atoms in total. The number of nitrogens with one attached hydrogen (secondary N) is 1. The fraction of sp³-hybridized carbons (Fsp3) is 0.625. The Bertz CT molecular complexity index is 369. The van der Waals surface area contributed by atoms with E-state index in [4.69, 9.17) is 4.74 Å². The molecule has 1 saturated carbocycles. The molecule has 1 N–H and O–H groups in total. The summed E-state index contributed by atoms with van der Waals surface area (Å²) in [6.07, 6.45) is 3.75. The Balaban J connectivity index is 2.06. The maximum Gasteiger partial charge on any atom is 0.0637 e. The van der Waals surface area contributed by atoms with Gasteiger partial charge >= 0.3 is 0 Å². The molecule has 0 aliphatic heterocycles. The third kappa shape index (κ3) is 3.71. The first-order chi connectivity index (χ1) is 9.30. The van der Waals surface area contributed by atoms with Gasteiger partial charge in [-0.2, -0.15) is 0 Å². The fourth-order valence-electron chi connectivity index (χ4n) is 2.60. The molecule has 1 aromatic carbocycles. The summed E-state index contributed by atoms with van der Waals surface area (Å²) in [6, 6.07) is 10.2. The van der Waals surface area contributed by atoms with Gasteiger partial charge in [-0.05, 0) is 44.0 Å². The second-order valence-corrected chi connectivity index (χ2v) is 5.26. The molecule has 0 heterocycles. The highest BCUT2D eigenvalue weighted by atomic mass is 16.5. The number of rotatable bonds is 8. The number of hydrogen-bond acceptors (Lipinski definition) is 3. The summed E-state index contributed by atoms with van der Waals surface area (Å²) in [5.41, 5.74) is 2.70. The highest BCUT2D eigenvalue weighted by Gasteiger charge is 2.28. The monoisotopic (exact) mass is 262 g/mol. The van der Waals surface area contributed by atoms with Crippen LogP contribution in [0.15, 0.2) is 24.3 Å². The first kappa shape index (κ1) is 14.4. The lowest BCUT2D eigenvalue weighted by molar-refractivity contribution is 0.205. The van der Waals surface area contributed by atoms with Crippen molar-refractivity contribution in [1.29, 1.82) is 0 Å². The van der Waals surface area contributed by atoms with Crippen molar-refractivity contribution in [2.24, 2.45) is 0 Å². The molecule has 0 saturated heterocycles. The number of methoxy groups -OCH3 is 1. The normalized spacial score (nSPS) is 16.4. The summed E-state index contributed by atoms with van der Waals surface area (Å²) in [5.74, 6) is 0. The molecule has 0 aromatic heterocycles. The molecule has 19 heavy (non-hydrogen) atoms. The first-order valence-corrected chi connectivity index (χ1v) is 7.33. The predicted molar refractivity (Wildman–Crippen MR) is 80.8 cm³/mol. The molecule has 1 unspecified atom stereocenters. The van der Waals surface area contributed by atoms with Crippen LogP contribution in [-0.4, -0.2) is 33.4 Å². The Hall–Kier alpha value is -1.06. The summed E-state index contributed by atoms with van der Waals surface area (Å²) in [4.78, 5) is 2.48. The molecular formula is C16H26N2O. The lowest BCUT2D eigenvalue weighted by atomic mass is 10.0. The zero-order chi connectivity index (χ0) is 13.7. The van der Waals surface area contributed by atoms with Crippen LogP contribution in [0.25, 0.3) is 0 Å². The Labute approximate surface area is 116 Å². The average Bonchev–Trinajstić information content (AvgIpc) is 3.27.